The third kappa shape index (κ3) is 3.16. The van der Waals surface area contributed by atoms with Crippen molar-refractivity contribution in [3.63, 3.8) is 0 Å². The van der Waals surface area contributed by atoms with E-state index in [2.05, 4.69) is 24.4 Å². The number of nitrogens with one attached hydrogen (secondary N) is 1. The van der Waals surface area contributed by atoms with Crippen LogP contribution in [0.2, 0.25) is 0 Å². The number of hydrogen-bond acceptors (Lipinski definition) is 2. The standard InChI is InChI=1S/C19H22N2O2/c1-13-8-9-18(14(2)10-13)23-12-20-19(22)21-15(3)11-16-6-4-5-7-17(16)21/h4-10,15H,11-12H2,1-3H3,(H,20,22). The summed E-state index contributed by atoms with van der Waals surface area (Å²) in [5.74, 6) is 0.797. The Morgan fingerprint density at radius 2 is 2.04 bits per heavy atom. The quantitative estimate of drug-likeness (QED) is 0.876. The minimum atomic E-state index is -0.118. The van der Waals surface area contributed by atoms with Gasteiger partial charge in [0.2, 0.25) is 0 Å². The molecular formula is C19H22N2O2. The second kappa shape index (κ2) is 6.32. The first-order chi connectivity index (χ1) is 11.1. The summed E-state index contributed by atoms with van der Waals surface area (Å²) >= 11 is 0. The summed E-state index contributed by atoms with van der Waals surface area (Å²) in [7, 11) is 0. The molecule has 2 aromatic carbocycles. The van der Waals surface area contributed by atoms with Gasteiger partial charge in [0.25, 0.3) is 0 Å². The van der Waals surface area contributed by atoms with Gasteiger partial charge in [0.15, 0.2) is 6.73 Å². The zero-order chi connectivity index (χ0) is 16.4. The fourth-order valence-electron chi connectivity index (χ4n) is 3.10. The Kier molecular flexibility index (Phi) is 4.24. The number of aryl methyl sites for hydroxylation is 2. The van der Waals surface area contributed by atoms with Crippen molar-refractivity contribution in [2.45, 2.75) is 33.2 Å². The third-order valence-electron chi connectivity index (χ3n) is 4.21. The number of benzene rings is 2. The number of urea groups is 1. The van der Waals surface area contributed by atoms with Crippen LogP contribution >= 0.6 is 0 Å². The number of para-hydroxylation sites is 1. The molecule has 0 aliphatic carbocycles. The Morgan fingerprint density at radius 1 is 1.26 bits per heavy atom. The first kappa shape index (κ1) is 15.4. The Labute approximate surface area is 137 Å². The van der Waals surface area contributed by atoms with E-state index in [0.29, 0.717) is 0 Å². The Hall–Kier alpha value is -2.49. The highest BCUT2D eigenvalue weighted by molar-refractivity contribution is 5.94. The molecule has 2 aromatic rings. The van der Waals surface area contributed by atoms with Crippen molar-refractivity contribution in [1.29, 1.82) is 0 Å². The number of anilines is 1. The topological polar surface area (TPSA) is 41.6 Å². The van der Waals surface area contributed by atoms with E-state index >= 15 is 0 Å². The summed E-state index contributed by atoms with van der Waals surface area (Å²) in [6, 6.07) is 14.1. The van der Waals surface area contributed by atoms with Crippen LogP contribution in [0.15, 0.2) is 42.5 Å². The lowest BCUT2D eigenvalue weighted by atomic mass is 10.1. The van der Waals surface area contributed by atoms with Crippen molar-refractivity contribution in [2.75, 3.05) is 11.6 Å². The van der Waals surface area contributed by atoms with Crippen LogP contribution in [0, 0.1) is 13.8 Å². The van der Waals surface area contributed by atoms with Gasteiger partial charge in [-0.15, -0.1) is 0 Å². The molecule has 0 fully saturated rings. The molecule has 23 heavy (non-hydrogen) atoms. The predicted octanol–water partition coefficient (Wildman–Crippen LogP) is 3.80. The molecule has 1 unspecified atom stereocenters. The van der Waals surface area contributed by atoms with Gasteiger partial charge in [0.05, 0.1) is 0 Å². The highest BCUT2D eigenvalue weighted by Crippen LogP contribution is 2.31. The number of rotatable bonds is 3. The second-order valence-corrected chi connectivity index (χ2v) is 6.09. The fraction of sp³-hybridized carbons (Fsp3) is 0.316. The molecule has 0 saturated heterocycles. The van der Waals surface area contributed by atoms with Gasteiger partial charge in [-0.25, -0.2) is 4.79 Å². The van der Waals surface area contributed by atoms with Crippen LogP contribution in [0.4, 0.5) is 10.5 Å². The van der Waals surface area contributed by atoms with Gasteiger partial charge in [-0.2, -0.15) is 0 Å². The Balaban J connectivity index is 1.62. The fourth-order valence-corrected chi connectivity index (χ4v) is 3.10. The molecule has 2 amide bonds. The number of nitrogens with zero attached hydrogens (tertiary/aromatic N) is 1. The first-order valence-corrected chi connectivity index (χ1v) is 7.91. The van der Waals surface area contributed by atoms with Crippen LogP contribution in [-0.2, 0) is 6.42 Å². The van der Waals surface area contributed by atoms with Crippen molar-refractivity contribution >= 4 is 11.7 Å². The molecule has 0 aromatic heterocycles. The van der Waals surface area contributed by atoms with Crippen LogP contribution in [0.3, 0.4) is 0 Å². The smallest absolute Gasteiger partial charge is 0.324 e. The molecule has 0 bridgehead atoms. The minimum Gasteiger partial charge on any atom is -0.473 e. The summed E-state index contributed by atoms with van der Waals surface area (Å²) in [5, 5.41) is 2.85. The highest BCUT2D eigenvalue weighted by Gasteiger charge is 2.30. The van der Waals surface area contributed by atoms with Crippen molar-refractivity contribution in [3.8, 4) is 5.75 Å². The summed E-state index contributed by atoms with van der Waals surface area (Å²) < 4.78 is 5.69. The lowest BCUT2D eigenvalue weighted by Crippen LogP contribution is -2.44. The molecule has 120 valence electrons. The van der Waals surface area contributed by atoms with Gasteiger partial charge in [-0.05, 0) is 50.5 Å². The average Bonchev–Trinajstić information content (AvgIpc) is 2.85. The molecule has 4 heteroatoms. The maximum absolute atomic E-state index is 12.5. The van der Waals surface area contributed by atoms with Crippen LogP contribution in [0.25, 0.3) is 0 Å². The lowest BCUT2D eigenvalue weighted by Gasteiger charge is -2.23. The summed E-state index contributed by atoms with van der Waals surface area (Å²) in [5.41, 5.74) is 4.47. The van der Waals surface area contributed by atoms with E-state index in [1.165, 1.54) is 11.1 Å². The Morgan fingerprint density at radius 3 is 2.83 bits per heavy atom. The van der Waals surface area contributed by atoms with Gasteiger partial charge in [0.1, 0.15) is 5.75 Å². The molecule has 1 atom stereocenters. The van der Waals surface area contributed by atoms with Gasteiger partial charge in [-0.1, -0.05) is 35.9 Å². The van der Waals surface area contributed by atoms with Gasteiger partial charge in [-0.3, -0.25) is 4.90 Å². The van der Waals surface area contributed by atoms with Crippen molar-refractivity contribution in [3.05, 3.63) is 59.2 Å². The zero-order valence-electron chi connectivity index (χ0n) is 13.8. The molecule has 1 aliphatic rings. The van der Waals surface area contributed by atoms with E-state index in [1.54, 1.807) is 4.90 Å². The van der Waals surface area contributed by atoms with Gasteiger partial charge >= 0.3 is 6.03 Å². The molecule has 0 radical (unpaired) electrons. The van der Waals surface area contributed by atoms with E-state index in [-0.39, 0.29) is 18.8 Å². The lowest BCUT2D eigenvalue weighted by molar-refractivity contribution is 0.227. The molecule has 4 nitrogen and oxygen atoms in total. The van der Waals surface area contributed by atoms with E-state index < -0.39 is 0 Å². The van der Waals surface area contributed by atoms with E-state index in [4.69, 9.17) is 4.74 Å². The second-order valence-electron chi connectivity index (χ2n) is 6.09. The Bertz CT molecular complexity index is 727. The van der Waals surface area contributed by atoms with E-state index in [1.807, 2.05) is 44.2 Å². The summed E-state index contributed by atoms with van der Waals surface area (Å²) in [6.07, 6.45) is 0.890. The van der Waals surface area contributed by atoms with Crippen LogP contribution < -0.4 is 15.0 Å². The largest absolute Gasteiger partial charge is 0.473 e. The van der Waals surface area contributed by atoms with Crippen LogP contribution in [0.1, 0.15) is 23.6 Å². The van der Waals surface area contributed by atoms with Crippen LogP contribution in [0.5, 0.6) is 5.75 Å². The van der Waals surface area contributed by atoms with Crippen LogP contribution in [-0.4, -0.2) is 18.8 Å². The molecule has 0 spiro atoms. The third-order valence-corrected chi connectivity index (χ3v) is 4.21. The zero-order valence-corrected chi connectivity index (χ0v) is 13.8. The number of carbonyl (C=O) groups is 1. The molecule has 0 saturated carbocycles. The molecule has 1 heterocycles. The minimum absolute atomic E-state index is 0.118. The maximum Gasteiger partial charge on any atom is 0.324 e. The van der Waals surface area contributed by atoms with Crippen molar-refractivity contribution in [2.24, 2.45) is 0 Å². The van der Waals surface area contributed by atoms with Gasteiger partial charge in [0, 0.05) is 11.7 Å². The predicted molar refractivity (Wildman–Crippen MR) is 92.0 cm³/mol. The number of fused-ring (bicyclic) bond motifs is 1. The summed E-state index contributed by atoms with van der Waals surface area (Å²) in [4.78, 5) is 14.3. The SMILES string of the molecule is Cc1ccc(OCNC(=O)N2c3ccccc3CC2C)c(C)c1. The molecule has 1 N–H and O–H groups in total. The van der Waals surface area contributed by atoms with E-state index in [9.17, 15) is 4.79 Å². The molecule has 1 aliphatic heterocycles. The monoisotopic (exact) mass is 310 g/mol. The van der Waals surface area contributed by atoms with Gasteiger partial charge < -0.3 is 10.1 Å². The van der Waals surface area contributed by atoms with E-state index in [0.717, 1.165) is 23.4 Å². The number of carbonyl (C=O) groups excluding carboxylic acids is 1. The number of ether oxygens (including phenoxy) is 1. The normalized spacial score (nSPS) is 16.1. The molecule has 3 rings (SSSR count). The number of amides is 2. The molecular weight excluding hydrogens is 288 g/mol. The van der Waals surface area contributed by atoms with Crippen molar-refractivity contribution < 1.29 is 9.53 Å². The maximum atomic E-state index is 12.5. The van der Waals surface area contributed by atoms with Crippen molar-refractivity contribution in [1.82, 2.24) is 5.32 Å². The first-order valence-electron chi connectivity index (χ1n) is 7.91. The average molecular weight is 310 g/mol. The number of hydrogen-bond donors (Lipinski definition) is 1. The highest BCUT2D eigenvalue weighted by atomic mass is 16.5. The summed E-state index contributed by atoms with van der Waals surface area (Å²) in [6.45, 7) is 6.27.